The van der Waals surface area contributed by atoms with Crippen LogP contribution in [0.15, 0.2) is 39.9 Å². The Balaban J connectivity index is 2.28. The average Bonchev–Trinajstić information content (AvgIpc) is 2.48. The first-order chi connectivity index (χ1) is 10.8. The molecule has 0 radical (unpaired) electrons. The molecule has 1 saturated heterocycles. The molecule has 8 nitrogen and oxygen atoms in total. The van der Waals surface area contributed by atoms with Gasteiger partial charge in [-0.25, -0.2) is 13.1 Å². The lowest BCUT2D eigenvalue weighted by Gasteiger charge is -2.15. The van der Waals surface area contributed by atoms with Crippen molar-refractivity contribution >= 4 is 27.7 Å². The number of thioether (sulfide) groups is 1. The first-order valence-corrected chi connectivity index (χ1v) is 9.17. The smallest absolute Gasteiger partial charge is 0.363 e. The minimum atomic E-state index is -4.17. The van der Waals surface area contributed by atoms with E-state index in [1.165, 1.54) is 12.1 Å². The molecule has 0 atom stereocenters. The molecule has 0 spiro atoms. The third kappa shape index (κ3) is 4.23. The Morgan fingerprint density at radius 2 is 2.00 bits per heavy atom. The van der Waals surface area contributed by atoms with E-state index in [0.29, 0.717) is 12.3 Å². The monoisotopic (exact) mass is 357 g/mol. The normalized spacial score (nSPS) is 17.1. The lowest BCUT2D eigenvalue weighted by molar-refractivity contribution is -0.419. The van der Waals surface area contributed by atoms with Gasteiger partial charge in [-0.15, -0.1) is 11.8 Å². The van der Waals surface area contributed by atoms with Crippen LogP contribution in [0.1, 0.15) is 12.0 Å². The number of hydrogen-bond acceptors (Lipinski definition) is 7. The maximum atomic E-state index is 12.2. The Morgan fingerprint density at radius 3 is 2.52 bits per heavy atom. The molecule has 124 valence electrons. The van der Waals surface area contributed by atoms with Crippen molar-refractivity contribution < 1.29 is 18.1 Å². The molecule has 1 aromatic rings. The van der Waals surface area contributed by atoms with E-state index in [1.807, 2.05) is 0 Å². The van der Waals surface area contributed by atoms with Gasteiger partial charge in [0.2, 0.25) is 0 Å². The summed E-state index contributed by atoms with van der Waals surface area (Å²) < 4.78 is 26.1. The molecular formula is C13H15N3O5S2. The highest BCUT2D eigenvalue weighted by Gasteiger charge is 2.32. The van der Waals surface area contributed by atoms with Gasteiger partial charge >= 0.3 is 11.6 Å². The van der Waals surface area contributed by atoms with Crippen molar-refractivity contribution in [2.45, 2.75) is 18.2 Å². The topological polar surface area (TPSA) is 118 Å². The lowest BCUT2D eigenvalue weighted by atomic mass is 10.2. The highest BCUT2D eigenvalue weighted by Crippen LogP contribution is 2.22. The van der Waals surface area contributed by atoms with Gasteiger partial charge in [0.1, 0.15) is 0 Å². The molecule has 1 aliphatic heterocycles. The number of carbonyl (C=O) groups is 1. The number of aryl methyl sites for hydroxylation is 1. The number of amides is 1. The predicted octanol–water partition coefficient (Wildman–Crippen LogP) is 0.972. The number of nitro groups is 1. The number of carbonyl (C=O) groups excluding carboxylic acids is 1. The van der Waals surface area contributed by atoms with Crippen LogP contribution in [0.2, 0.25) is 0 Å². The third-order valence-corrected chi connectivity index (χ3v) is 5.49. The van der Waals surface area contributed by atoms with E-state index in [2.05, 4.69) is 5.32 Å². The number of rotatable bonds is 4. The first-order valence-electron chi connectivity index (χ1n) is 6.70. The van der Waals surface area contributed by atoms with Gasteiger partial charge in [-0.1, -0.05) is 17.7 Å². The van der Waals surface area contributed by atoms with E-state index in [-0.39, 0.29) is 9.92 Å². The van der Waals surface area contributed by atoms with E-state index < -0.39 is 26.6 Å². The maximum Gasteiger partial charge on any atom is 0.363 e. The van der Waals surface area contributed by atoms with E-state index in [0.717, 1.165) is 23.7 Å². The highest BCUT2D eigenvalue weighted by molar-refractivity contribution is 8.03. The van der Waals surface area contributed by atoms with Crippen molar-refractivity contribution in [3.63, 3.8) is 0 Å². The van der Waals surface area contributed by atoms with Crippen LogP contribution in [0.4, 0.5) is 0 Å². The summed E-state index contributed by atoms with van der Waals surface area (Å²) in [6, 6.07) is 5.81. The Kier molecular flexibility index (Phi) is 5.26. The van der Waals surface area contributed by atoms with E-state index in [1.54, 1.807) is 23.8 Å². The summed E-state index contributed by atoms with van der Waals surface area (Å²) in [5, 5.41) is 14.0. The minimum Gasteiger partial charge on any atom is -0.374 e. The maximum absolute atomic E-state index is 12.2. The van der Waals surface area contributed by atoms with Crippen LogP contribution in [-0.4, -0.2) is 31.5 Å². The van der Waals surface area contributed by atoms with Crippen LogP contribution in [0.25, 0.3) is 0 Å². The summed E-state index contributed by atoms with van der Waals surface area (Å²) in [4.78, 5) is 22.2. The van der Waals surface area contributed by atoms with Gasteiger partial charge in [0, 0.05) is 12.3 Å². The van der Waals surface area contributed by atoms with E-state index in [9.17, 15) is 23.3 Å². The number of nitrogens with one attached hydrogen (secondary N) is 2. The fourth-order valence-electron chi connectivity index (χ4n) is 1.87. The van der Waals surface area contributed by atoms with Gasteiger partial charge < -0.3 is 5.32 Å². The van der Waals surface area contributed by atoms with Crippen LogP contribution >= 0.6 is 11.8 Å². The molecule has 2 rings (SSSR count). The zero-order valence-corrected chi connectivity index (χ0v) is 13.9. The molecule has 0 aliphatic carbocycles. The van der Waals surface area contributed by atoms with Crippen molar-refractivity contribution in [2.24, 2.45) is 0 Å². The molecule has 0 unspecified atom stereocenters. The number of hydrogen-bond donors (Lipinski definition) is 2. The SMILES string of the molecule is Cc1ccc(S(=O)(=O)NC(=O)C(=C2NCCCS2)[N+](=O)[O-])cc1. The molecule has 2 N–H and O–H groups in total. The van der Waals surface area contributed by atoms with Crippen molar-refractivity contribution in [3.05, 3.63) is 50.7 Å². The Hall–Kier alpha value is -2.07. The second kappa shape index (κ2) is 7.01. The second-order valence-electron chi connectivity index (χ2n) is 4.81. The quantitative estimate of drug-likeness (QED) is 0.468. The molecule has 1 amide bonds. The molecule has 10 heteroatoms. The summed E-state index contributed by atoms with van der Waals surface area (Å²) in [6.45, 7) is 2.29. The van der Waals surface area contributed by atoms with Crippen molar-refractivity contribution in [1.29, 1.82) is 0 Å². The fourth-order valence-corrected chi connectivity index (χ4v) is 3.82. The predicted molar refractivity (Wildman–Crippen MR) is 85.6 cm³/mol. The zero-order valence-electron chi connectivity index (χ0n) is 12.2. The summed E-state index contributed by atoms with van der Waals surface area (Å²) in [6.07, 6.45) is 0.808. The fraction of sp³-hybridized carbons (Fsp3) is 0.308. The van der Waals surface area contributed by atoms with Crippen LogP contribution in [0.5, 0.6) is 0 Å². The van der Waals surface area contributed by atoms with Crippen molar-refractivity contribution in [2.75, 3.05) is 12.3 Å². The molecular weight excluding hydrogens is 342 g/mol. The van der Waals surface area contributed by atoms with Gasteiger partial charge in [0.25, 0.3) is 10.0 Å². The van der Waals surface area contributed by atoms with Gasteiger partial charge in [0.05, 0.1) is 9.82 Å². The van der Waals surface area contributed by atoms with Gasteiger partial charge in [0.15, 0.2) is 5.03 Å². The zero-order chi connectivity index (χ0) is 17.0. The molecule has 1 aliphatic rings. The summed E-state index contributed by atoms with van der Waals surface area (Å²) in [5.41, 5.74) is 0.0663. The molecule has 1 heterocycles. The van der Waals surface area contributed by atoms with Gasteiger partial charge in [-0.05, 0) is 25.5 Å². The van der Waals surface area contributed by atoms with Crippen LogP contribution in [-0.2, 0) is 14.8 Å². The Morgan fingerprint density at radius 1 is 1.35 bits per heavy atom. The molecule has 1 aromatic carbocycles. The Bertz CT molecular complexity index is 748. The van der Waals surface area contributed by atoms with E-state index >= 15 is 0 Å². The summed E-state index contributed by atoms with van der Waals surface area (Å²) in [7, 11) is -4.17. The molecule has 0 bridgehead atoms. The second-order valence-corrected chi connectivity index (χ2v) is 7.60. The molecule has 23 heavy (non-hydrogen) atoms. The highest BCUT2D eigenvalue weighted by atomic mass is 32.2. The van der Waals surface area contributed by atoms with Gasteiger partial charge in [-0.2, -0.15) is 0 Å². The first kappa shape index (κ1) is 17.3. The number of sulfonamides is 1. The molecule has 0 aromatic heterocycles. The van der Waals surface area contributed by atoms with Crippen LogP contribution < -0.4 is 10.0 Å². The lowest BCUT2D eigenvalue weighted by Crippen LogP contribution is -2.36. The summed E-state index contributed by atoms with van der Waals surface area (Å²) in [5.74, 6) is -0.634. The third-order valence-electron chi connectivity index (χ3n) is 3.02. The number of nitrogens with zero attached hydrogens (tertiary/aromatic N) is 1. The number of benzene rings is 1. The standard InChI is InChI=1S/C13H15N3O5S2/c1-9-3-5-10(6-4-9)23(20,21)15-12(17)11(16(18)19)13-14-7-2-8-22-13/h3-6,14H,2,7-8H2,1H3,(H,15,17). The molecule has 0 saturated carbocycles. The Labute approximate surface area is 137 Å². The van der Waals surface area contributed by atoms with Gasteiger partial charge in [-0.3, -0.25) is 14.9 Å². The van der Waals surface area contributed by atoms with E-state index in [4.69, 9.17) is 0 Å². The van der Waals surface area contributed by atoms with Crippen molar-refractivity contribution in [3.8, 4) is 0 Å². The average molecular weight is 357 g/mol. The minimum absolute atomic E-state index is 0.0813. The van der Waals surface area contributed by atoms with Crippen LogP contribution in [0.3, 0.4) is 0 Å². The summed E-state index contributed by atoms with van der Waals surface area (Å²) >= 11 is 1.12. The molecule has 1 fully saturated rings. The van der Waals surface area contributed by atoms with Crippen LogP contribution in [0, 0.1) is 17.0 Å². The van der Waals surface area contributed by atoms with Crippen molar-refractivity contribution in [1.82, 2.24) is 10.0 Å². The largest absolute Gasteiger partial charge is 0.374 e.